The Hall–Kier alpha value is -0.740. The highest BCUT2D eigenvalue weighted by Gasteiger charge is 2.40. The molecule has 0 bridgehead atoms. The minimum absolute atomic E-state index is 0.654. The molecule has 1 saturated carbocycles. The maximum atomic E-state index is 6.05. The Bertz CT molecular complexity index is 530. The quantitative estimate of drug-likeness (QED) is 0.792. The van der Waals surface area contributed by atoms with Crippen molar-refractivity contribution < 1.29 is 4.74 Å². The summed E-state index contributed by atoms with van der Waals surface area (Å²) in [4.78, 5) is 7.18. The summed E-state index contributed by atoms with van der Waals surface area (Å²) in [6, 6.07) is 4.20. The first-order valence-electron chi connectivity index (χ1n) is 9.72. The molecule has 0 atom stereocenters. The molecular formula is C20H30N2OS. The van der Waals surface area contributed by atoms with Crippen LogP contribution in [0.5, 0.6) is 5.75 Å². The van der Waals surface area contributed by atoms with E-state index in [-0.39, 0.29) is 0 Å². The normalized spacial score (nSPS) is 24.7. The molecule has 132 valence electrons. The summed E-state index contributed by atoms with van der Waals surface area (Å²) in [5, 5.41) is 0. The van der Waals surface area contributed by atoms with Gasteiger partial charge >= 0.3 is 0 Å². The van der Waals surface area contributed by atoms with Gasteiger partial charge in [-0.25, -0.2) is 0 Å². The molecule has 0 unspecified atom stereocenters. The van der Waals surface area contributed by atoms with Crippen LogP contribution in [0.25, 0.3) is 0 Å². The molecule has 1 aromatic rings. The van der Waals surface area contributed by atoms with Crippen molar-refractivity contribution >= 4 is 11.8 Å². The third-order valence-electron chi connectivity index (χ3n) is 6.19. The van der Waals surface area contributed by atoms with Crippen molar-refractivity contribution in [3.63, 3.8) is 0 Å². The third kappa shape index (κ3) is 3.91. The van der Waals surface area contributed by atoms with Gasteiger partial charge in [-0.15, -0.1) is 0 Å². The summed E-state index contributed by atoms with van der Waals surface area (Å²) < 4.78 is 6.05. The van der Waals surface area contributed by atoms with E-state index in [0.29, 0.717) is 11.3 Å². The number of pyridine rings is 1. The van der Waals surface area contributed by atoms with Crippen LogP contribution in [-0.4, -0.2) is 47.6 Å². The van der Waals surface area contributed by atoms with Gasteiger partial charge in [0.15, 0.2) is 0 Å². The molecule has 24 heavy (non-hydrogen) atoms. The zero-order valence-corrected chi connectivity index (χ0v) is 15.5. The predicted molar refractivity (Wildman–Crippen MR) is 101 cm³/mol. The first kappa shape index (κ1) is 16.7. The second-order valence-electron chi connectivity index (χ2n) is 7.93. The summed E-state index contributed by atoms with van der Waals surface area (Å²) in [5.41, 5.74) is 1.96. The lowest BCUT2D eigenvalue weighted by molar-refractivity contribution is 0.115. The number of thioether (sulfide) groups is 1. The zero-order valence-electron chi connectivity index (χ0n) is 14.7. The van der Waals surface area contributed by atoms with Crippen molar-refractivity contribution in [3.8, 4) is 5.75 Å². The first-order chi connectivity index (χ1) is 11.8. The minimum atomic E-state index is 0.654. The molecule has 1 spiro atoms. The summed E-state index contributed by atoms with van der Waals surface area (Å²) in [6.07, 6.45) is 11.4. The smallest absolute Gasteiger partial charge is 0.122 e. The number of nitrogens with zero attached hydrogens (tertiary/aromatic N) is 2. The van der Waals surface area contributed by atoms with E-state index >= 15 is 0 Å². The second kappa shape index (κ2) is 7.65. The molecule has 3 nitrogen and oxygen atoms in total. The number of hydrogen-bond acceptors (Lipinski definition) is 4. The van der Waals surface area contributed by atoms with E-state index in [1.807, 2.05) is 12.3 Å². The summed E-state index contributed by atoms with van der Waals surface area (Å²) in [6.45, 7) is 4.38. The van der Waals surface area contributed by atoms with Gasteiger partial charge < -0.3 is 4.74 Å². The van der Waals surface area contributed by atoms with Crippen LogP contribution >= 0.6 is 11.8 Å². The van der Waals surface area contributed by atoms with Gasteiger partial charge in [0.25, 0.3) is 0 Å². The first-order valence-corrected chi connectivity index (χ1v) is 10.9. The Morgan fingerprint density at radius 3 is 2.67 bits per heavy atom. The zero-order chi connectivity index (χ0) is 16.2. The molecule has 0 N–H and O–H groups in total. The second-order valence-corrected chi connectivity index (χ2v) is 8.92. The van der Waals surface area contributed by atoms with Crippen molar-refractivity contribution in [3.05, 3.63) is 24.0 Å². The van der Waals surface area contributed by atoms with Gasteiger partial charge in [-0.2, -0.15) is 11.8 Å². The molecule has 1 aliphatic carbocycles. The Morgan fingerprint density at radius 2 is 1.96 bits per heavy atom. The lowest BCUT2D eigenvalue weighted by atomic mass is 9.81. The highest BCUT2D eigenvalue weighted by molar-refractivity contribution is 8.00. The molecular weight excluding hydrogens is 316 g/mol. The highest BCUT2D eigenvalue weighted by Crippen LogP contribution is 2.45. The molecule has 2 saturated heterocycles. The van der Waals surface area contributed by atoms with Crippen molar-refractivity contribution in [2.75, 3.05) is 37.7 Å². The molecule has 0 amide bonds. The number of rotatable bonds is 5. The molecule has 0 aromatic carbocycles. The van der Waals surface area contributed by atoms with Crippen LogP contribution < -0.4 is 4.74 Å². The van der Waals surface area contributed by atoms with Crippen LogP contribution in [0.2, 0.25) is 0 Å². The van der Waals surface area contributed by atoms with E-state index in [2.05, 4.69) is 27.7 Å². The van der Waals surface area contributed by atoms with Gasteiger partial charge in [0.05, 0.1) is 0 Å². The number of aromatic nitrogens is 1. The topological polar surface area (TPSA) is 25.4 Å². The standard InChI is InChI=1S/C20H30N2OS/c1-2-4-17(5-3-1)19-14-18(6-9-21-19)23-13-12-22-10-7-20(8-11-22)15-24-16-20/h6,9,14,17H,1-5,7-8,10-13,15-16H2. The number of hydrogen-bond donors (Lipinski definition) is 0. The fourth-order valence-electron chi connectivity index (χ4n) is 4.36. The summed E-state index contributed by atoms with van der Waals surface area (Å²) >= 11 is 2.12. The average molecular weight is 347 g/mol. The minimum Gasteiger partial charge on any atom is -0.492 e. The van der Waals surface area contributed by atoms with Crippen molar-refractivity contribution in [2.24, 2.45) is 5.41 Å². The summed E-state index contributed by atoms with van der Waals surface area (Å²) in [7, 11) is 0. The van der Waals surface area contributed by atoms with Gasteiger partial charge in [-0.1, -0.05) is 19.3 Å². The fraction of sp³-hybridized carbons (Fsp3) is 0.750. The molecule has 4 rings (SSSR count). The van der Waals surface area contributed by atoms with Gasteiger partial charge in [0, 0.05) is 30.4 Å². The molecule has 3 fully saturated rings. The SMILES string of the molecule is c1cc(OCCN2CCC3(CC2)CSC3)cc(C2CCCCC2)n1. The number of ether oxygens (including phenoxy) is 1. The Kier molecular flexibility index (Phi) is 5.33. The largest absolute Gasteiger partial charge is 0.492 e. The Balaban J connectivity index is 1.23. The lowest BCUT2D eigenvalue weighted by Crippen LogP contribution is -2.47. The van der Waals surface area contributed by atoms with Gasteiger partial charge in [0.2, 0.25) is 0 Å². The third-order valence-corrected chi connectivity index (χ3v) is 7.82. The maximum absolute atomic E-state index is 6.05. The Labute approximate surface area is 150 Å². The Morgan fingerprint density at radius 1 is 1.17 bits per heavy atom. The molecule has 0 radical (unpaired) electrons. The van der Waals surface area contributed by atoms with E-state index in [0.717, 1.165) is 18.9 Å². The van der Waals surface area contributed by atoms with Gasteiger partial charge in [-0.3, -0.25) is 9.88 Å². The average Bonchev–Trinajstić information content (AvgIpc) is 2.62. The molecule has 4 heteroatoms. The molecule has 2 aliphatic heterocycles. The van der Waals surface area contributed by atoms with Crippen LogP contribution in [0, 0.1) is 5.41 Å². The maximum Gasteiger partial charge on any atom is 0.122 e. The molecule has 3 aliphatic rings. The van der Waals surface area contributed by atoms with Crippen LogP contribution in [-0.2, 0) is 0 Å². The fourth-order valence-corrected chi connectivity index (χ4v) is 5.72. The summed E-state index contributed by atoms with van der Waals surface area (Å²) in [5.74, 6) is 4.46. The van der Waals surface area contributed by atoms with E-state index in [9.17, 15) is 0 Å². The number of likely N-dealkylation sites (tertiary alicyclic amines) is 1. The number of piperidine rings is 1. The highest BCUT2D eigenvalue weighted by atomic mass is 32.2. The van der Waals surface area contributed by atoms with E-state index in [1.165, 1.54) is 75.2 Å². The van der Waals surface area contributed by atoms with Crippen molar-refractivity contribution in [1.82, 2.24) is 9.88 Å². The van der Waals surface area contributed by atoms with Crippen molar-refractivity contribution in [2.45, 2.75) is 50.9 Å². The lowest BCUT2D eigenvalue weighted by Gasteiger charge is -2.47. The van der Waals surface area contributed by atoms with Crippen LogP contribution in [0.3, 0.4) is 0 Å². The van der Waals surface area contributed by atoms with E-state index in [4.69, 9.17) is 4.74 Å². The van der Waals surface area contributed by atoms with Crippen LogP contribution in [0.15, 0.2) is 18.3 Å². The molecule has 1 aromatic heterocycles. The van der Waals surface area contributed by atoms with Crippen molar-refractivity contribution in [1.29, 1.82) is 0 Å². The predicted octanol–water partition coefficient (Wildman–Crippen LogP) is 4.34. The van der Waals surface area contributed by atoms with Gasteiger partial charge in [-0.05, 0) is 61.8 Å². The molecule has 3 heterocycles. The van der Waals surface area contributed by atoms with Gasteiger partial charge in [0.1, 0.15) is 12.4 Å². The van der Waals surface area contributed by atoms with Crippen LogP contribution in [0.1, 0.15) is 56.6 Å². The van der Waals surface area contributed by atoms with Crippen LogP contribution in [0.4, 0.5) is 0 Å². The van der Waals surface area contributed by atoms with E-state index in [1.54, 1.807) is 0 Å². The monoisotopic (exact) mass is 346 g/mol. The van der Waals surface area contributed by atoms with E-state index < -0.39 is 0 Å².